The summed E-state index contributed by atoms with van der Waals surface area (Å²) in [7, 11) is 0. The van der Waals surface area contributed by atoms with Crippen molar-refractivity contribution in [2.75, 3.05) is 0 Å². The highest BCUT2D eigenvalue weighted by molar-refractivity contribution is 9.10. The van der Waals surface area contributed by atoms with Gasteiger partial charge in [-0.25, -0.2) is 0 Å². The minimum Gasteiger partial charge on any atom is -0.487 e. The Kier molecular flexibility index (Phi) is 4.53. The third-order valence-electron chi connectivity index (χ3n) is 2.96. The normalized spacial score (nSPS) is 10.8. The highest BCUT2D eigenvalue weighted by Crippen LogP contribution is 2.25. The third kappa shape index (κ3) is 3.12. The summed E-state index contributed by atoms with van der Waals surface area (Å²) in [6.45, 7) is 7.31. The lowest BCUT2D eigenvalue weighted by Gasteiger charge is -2.09. The van der Waals surface area contributed by atoms with Crippen LogP contribution in [0.2, 0.25) is 5.02 Å². The van der Waals surface area contributed by atoms with Crippen LogP contribution in [0.4, 0.5) is 0 Å². The van der Waals surface area contributed by atoms with Gasteiger partial charge in [-0.3, -0.25) is 4.68 Å². The summed E-state index contributed by atoms with van der Waals surface area (Å²) in [6, 6.07) is 5.67. The summed E-state index contributed by atoms with van der Waals surface area (Å²) < 4.78 is 8.78. The first-order chi connectivity index (χ1) is 9.02. The molecule has 1 aromatic carbocycles. The van der Waals surface area contributed by atoms with Crippen molar-refractivity contribution in [1.29, 1.82) is 0 Å². The van der Waals surface area contributed by atoms with Crippen molar-refractivity contribution >= 4 is 27.5 Å². The fourth-order valence-corrected chi connectivity index (χ4v) is 2.38. The molecule has 0 aliphatic heterocycles. The van der Waals surface area contributed by atoms with Gasteiger partial charge >= 0.3 is 0 Å². The van der Waals surface area contributed by atoms with Crippen molar-refractivity contribution < 1.29 is 4.74 Å². The molecule has 0 atom stereocenters. The smallest absolute Gasteiger partial charge is 0.131 e. The summed E-state index contributed by atoms with van der Waals surface area (Å²) in [4.78, 5) is 0. The SMILES string of the molecule is CCn1nc(C)c(Br)c1COc1ccc(Cl)c(C)c1. The number of aromatic nitrogens is 2. The van der Waals surface area contributed by atoms with Gasteiger partial charge in [0.05, 0.1) is 15.9 Å². The van der Waals surface area contributed by atoms with Crippen molar-refractivity contribution in [3.8, 4) is 5.75 Å². The van der Waals surface area contributed by atoms with E-state index in [9.17, 15) is 0 Å². The molecule has 0 saturated carbocycles. The van der Waals surface area contributed by atoms with Crippen LogP contribution in [0.5, 0.6) is 5.75 Å². The first kappa shape index (κ1) is 14.4. The third-order valence-corrected chi connectivity index (χ3v) is 4.41. The first-order valence-corrected chi connectivity index (χ1v) is 7.30. The van der Waals surface area contributed by atoms with E-state index in [1.54, 1.807) is 0 Å². The molecule has 0 aliphatic carbocycles. The molecular formula is C14H16BrClN2O. The molecular weight excluding hydrogens is 328 g/mol. The number of rotatable bonds is 4. The molecule has 0 bridgehead atoms. The van der Waals surface area contributed by atoms with Crippen molar-refractivity contribution in [2.24, 2.45) is 0 Å². The van der Waals surface area contributed by atoms with E-state index < -0.39 is 0 Å². The number of halogens is 2. The summed E-state index contributed by atoms with van der Waals surface area (Å²) in [5, 5.41) is 5.19. The van der Waals surface area contributed by atoms with Crippen LogP contribution in [-0.2, 0) is 13.2 Å². The van der Waals surface area contributed by atoms with Gasteiger partial charge in [-0.1, -0.05) is 11.6 Å². The highest BCUT2D eigenvalue weighted by Gasteiger charge is 2.12. The lowest BCUT2D eigenvalue weighted by atomic mass is 10.2. The Morgan fingerprint density at radius 1 is 1.37 bits per heavy atom. The molecule has 0 N–H and O–H groups in total. The molecule has 5 heteroatoms. The second kappa shape index (κ2) is 5.97. The number of aryl methyl sites for hydroxylation is 3. The second-order valence-corrected chi connectivity index (χ2v) is 5.56. The van der Waals surface area contributed by atoms with Crippen LogP contribution in [0.3, 0.4) is 0 Å². The maximum absolute atomic E-state index is 6.00. The zero-order chi connectivity index (χ0) is 14.0. The van der Waals surface area contributed by atoms with Crippen LogP contribution in [-0.4, -0.2) is 9.78 Å². The molecule has 0 radical (unpaired) electrons. The standard InChI is InChI=1S/C14H16BrClN2O/c1-4-18-13(14(15)10(3)17-18)8-19-11-5-6-12(16)9(2)7-11/h5-7H,4,8H2,1-3H3. The second-order valence-electron chi connectivity index (χ2n) is 4.36. The Morgan fingerprint density at radius 3 is 2.74 bits per heavy atom. The fourth-order valence-electron chi connectivity index (χ4n) is 1.87. The van der Waals surface area contributed by atoms with E-state index in [1.807, 2.05) is 36.7 Å². The van der Waals surface area contributed by atoms with E-state index in [2.05, 4.69) is 28.0 Å². The van der Waals surface area contributed by atoms with E-state index in [0.717, 1.165) is 38.7 Å². The molecule has 0 aliphatic rings. The number of ether oxygens (including phenoxy) is 1. The minimum atomic E-state index is 0.482. The van der Waals surface area contributed by atoms with Crippen LogP contribution in [0, 0.1) is 13.8 Å². The number of hydrogen-bond acceptors (Lipinski definition) is 2. The molecule has 2 aromatic rings. The average Bonchev–Trinajstić information content (AvgIpc) is 2.67. The van der Waals surface area contributed by atoms with Gasteiger partial charge in [-0.05, 0) is 60.5 Å². The Hall–Kier alpha value is -1.00. The summed E-state index contributed by atoms with van der Waals surface area (Å²) >= 11 is 9.55. The maximum Gasteiger partial charge on any atom is 0.131 e. The van der Waals surface area contributed by atoms with Crippen LogP contribution in [0.25, 0.3) is 0 Å². The van der Waals surface area contributed by atoms with Crippen molar-refractivity contribution in [1.82, 2.24) is 9.78 Å². The topological polar surface area (TPSA) is 27.1 Å². The van der Waals surface area contributed by atoms with Gasteiger partial charge in [-0.15, -0.1) is 0 Å². The fraction of sp³-hybridized carbons (Fsp3) is 0.357. The number of hydrogen-bond donors (Lipinski definition) is 0. The summed E-state index contributed by atoms with van der Waals surface area (Å²) in [6.07, 6.45) is 0. The zero-order valence-corrected chi connectivity index (χ0v) is 13.5. The van der Waals surface area contributed by atoms with Crippen LogP contribution in [0.1, 0.15) is 23.9 Å². The monoisotopic (exact) mass is 342 g/mol. The molecule has 0 saturated heterocycles. The van der Waals surface area contributed by atoms with Crippen LogP contribution in [0.15, 0.2) is 22.7 Å². The van der Waals surface area contributed by atoms with Gasteiger partial charge in [0.2, 0.25) is 0 Å². The molecule has 1 aromatic heterocycles. The van der Waals surface area contributed by atoms with Crippen LogP contribution < -0.4 is 4.74 Å². The number of benzene rings is 1. The van der Waals surface area contributed by atoms with E-state index in [4.69, 9.17) is 16.3 Å². The molecule has 0 spiro atoms. The van der Waals surface area contributed by atoms with Gasteiger partial charge in [0.1, 0.15) is 12.4 Å². The first-order valence-electron chi connectivity index (χ1n) is 6.13. The average molecular weight is 344 g/mol. The number of nitrogens with zero attached hydrogens (tertiary/aromatic N) is 2. The Bertz CT molecular complexity index is 595. The molecule has 0 fully saturated rings. The van der Waals surface area contributed by atoms with Gasteiger partial charge in [0, 0.05) is 11.6 Å². The Balaban J connectivity index is 2.16. The van der Waals surface area contributed by atoms with E-state index in [-0.39, 0.29) is 0 Å². The van der Waals surface area contributed by atoms with Gasteiger partial charge in [0.25, 0.3) is 0 Å². The maximum atomic E-state index is 6.00. The minimum absolute atomic E-state index is 0.482. The summed E-state index contributed by atoms with van der Waals surface area (Å²) in [5.74, 6) is 0.815. The van der Waals surface area contributed by atoms with Crippen molar-refractivity contribution in [3.63, 3.8) is 0 Å². The quantitative estimate of drug-likeness (QED) is 0.816. The van der Waals surface area contributed by atoms with Crippen LogP contribution >= 0.6 is 27.5 Å². The van der Waals surface area contributed by atoms with Gasteiger partial charge < -0.3 is 4.74 Å². The lowest BCUT2D eigenvalue weighted by Crippen LogP contribution is -2.06. The predicted octanol–water partition coefficient (Wildman–Crippen LogP) is 4.51. The molecule has 3 nitrogen and oxygen atoms in total. The predicted molar refractivity (Wildman–Crippen MR) is 80.9 cm³/mol. The molecule has 102 valence electrons. The van der Waals surface area contributed by atoms with Crippen molar-refractivity contribution in [2.45, 2.75) is 33.9 Å². The van der Waals surface area contributed by atoms with E-state index in [1.165, 1.54) is 0 Å². The van der Waals surface area contributed by atoms with E-state index in [0.29, 0.717) is 6.61 Å². The largest absolute Gasteiger partial charge is 0.487 e. The molecule has 0 amide bonds. The zero-order valence-electron chi connectivity index (χ0n) is 11.2. The Morgan fingerprint density at radius 2 is 2.11 bits per heavy atom. The Labute approximate surface area is 126 Å². The summed E-state index contributed by atoms with van der Waals surface area (Å²) in [5.41, 5.74) is 3.04. The highest BCUT2D eigenvalue weighted by atomic mass is 79.9. The van der Waals surface area contributed by atoms with E-state index >= 15 is 0 Å². The lowest BCUT2D eigenvalue weighted by molar-refractivity contribution is 0.291. The molecule has 0 unspecified atom stereocenters. The molecule has 1 heterocycles. The molecule has 2 rings (SSSR count). The van der Waals surface area contributed by atoms with Crippen molar-refractivity contribution in [3.05, 3.63) is 44.6 Å². The van der Waals surface area contributed by atoms with Gasteiger partial charge in [-0.2, -0.15) is 5.10 Å². The van der Waals surface area contributed by atoms with Gasteiger partial charge in [0.15, 0.2) is 0 Å². The molecule has 19 heavy (non-hydrogen) atoms.